The number of sulfone groups is 1. The maximum absolute atomic E-state index is 11.5. The van der Waals surface area contributed by atoms with Crippen molar-refractivity contribution in [1.29, 1.82) is 0 Å². The Balaban J connectivity index is 1.33. The Morgan fingerprint density at radius 1 is 1.36 bits per heavy atom. The molecule has 25 heavy (non-hydrogen) atoms. The first-order valence-electron chi connectivity index (χ1n) is 7.71. The van der Waals surface area contributed by atoms with Crippen molar-refractivity contribution in [3.63, 3.8) is 0 Å². The van der Waals surface area contributed by atoms with Crippen LogP contribution in [0.25, 0.3) is 10.8 Å². The summed E-state index contributed by atoms with van der Waals surface area (Å²) in [6, 6.07) is 3.91. The molecule has 3 aromatic rings. The molecule has 1 atom stereocenters. The molecule has 1 aliphatic rings. The Kier molecular flexibility index (Phi) is 4.65. The van der Waals surface area contributed by atoms with Gasteiger partial charge in [0, 0.05) is 12.2 Å². The molecular formula is C15H15N3O4S3. The lowest BCUT2D eigenvalue weighted by Crippen LogP contribution is -2.07. The third kappa shape index (κ3) is 4.13. The quantitative estimate of drug-likeness (QED) is 0.585. The molecule has 0 bridgehead atoms. The Morgan fingerprint density at radius 3 is 3.04 bits per heavy atom. The molecule has 3 aromatic heterocycles. The van der Waals surface area contributed by atoms with E-state index < -0.39 is 9.84 Å². The van der Waals surface area contributed by atoms with Gasteiger partial charge in [0.1, 0.15) is 6.26 Å². The molecule has 0 saturated carbocycles. The van der Waals surface area contributed by atoms with E-state index in [1.807, 2.05) is 17.5 Å². The highest BCUT2D eigenvalue weighted by Crippen LogP contribution is 2.28. The lowest BCUT2D eigenvalue weighted by Gasteiger charge is -2.01. The molecule has 1 aliphatic heterocycles. The Morgan fingerprint density at radius 2 is 2.28 bits per heavy atom. The fraction of sp³-hybridized carbons (Fsp3) is 0.400. The van der Waals surface area contributed by atoms with Gasteiger partial charge >= 0.3 is 0 Å². The predicted octanol–water partition coefficient (Wildman–Crippen LogP) is 3.06. The van der Waals surface area contributed by atoms with Crippen molar-refractivity contribution in [2.24, 2.45) is 5.92 Å². The molecule has 0 aliphatic carbocycles. The van der Waals surface area contributed by atoms with E-state index >= 15 is 0 Å². The van der Waals surface area contributed by atoms with Crippen LogP contribution in [0.15, 0.2) is 37.8 Å². The van der Waals surface area contributed by atoms with E-state index in [-0.39, 0.29) is 17.4 Å². The van der Waals surface area contributed by atoms with Crippen molar-refractivity contribution in [2.45, 2.75) is 23.8 Å². The highest BCUT2D eigenvalue weighted by atomic mass is 32.2. The molecule has 10 heteroatoms. The van der Waals surface area contributed by atoms with E-state index in [1.165, 1.54) is 11.8 Å². The monoisotopic (exact) mass is 397 g/mol. The molecule has 1 fully saturated rings. The second kappa shape index (κ2) is 6.93. The second-order valence-corrected chi connectivity index (χ2v) is 9.95. The minimum Gasteiger partial charge on any atom is -0.444 e. The molecule has 0 radical (unpaired) electrons. The van der Waals surface area contributed by atoms with Gasteiger partial charge in [0.15, 0.2) is 9.84 Å². The summed E-state index contributed by atoms with van der Waals surface area (Å²) in [6.07, 6.45) is 2.81. The van der Waals surface area contributed by atoms with Crippen molar-refractivity contribution in [1.82, 2.24) is 15.2 Å². The zero-order valence-corrected chi connectivity index (χ0v) is 15.6. The summed E-state index contributed by atoms with van der Waals surface area (Å²) < 4.78 is 34.1. The highest BCUT2D eigenvalue weighted by molar-refractivity contribution is 7.98. The molecule has 0 unspecified atom stereocenters. The van der Waals surface area contributed by atoms with Crippen molar-refractivity contribution in [3.05, 3.63) is 35.4 Å². The average molecular weight is 398 g/mol. The lowest BCUT2D eigenvalue weighted by molar-refractivity contribution is 0.389. The van der Waals surface area contributed by atoms with Crippen LogP contribution in [0.4, 0.5) is 0 Å². The van der Waals surface area contributed by atoms with Crippen LogP contribution in [0.5, 0.6) is 0 Å². The Labute approximate surface area is 152 Å². The van der Waals surface area contributed by atoms with Crippen LogP contribution in [-0.2, 0) is 22.0 Å². The fourth-order valence-corrected chi connectivity index (χ4v) is 5.86. The number of aromatic nitrogens is 3. The van der Waals surface area contributed by atoms with E-state index in [1.54, 1.807) is 17.6 Å². The van der Waals surface area contributed by atoms with Crippen LogP contribution in [0.3, 0.4) is 0 Å². The van der Waals surface area contributed by atoms with Gasteiger partial charge in [-0.2, -0.15) is 0 Å². The van der Waals surface area contributed by atoms with Crippen molar-refractivity contribution < 1.29 is 17.3 Å². The second-order valence-electron chi connectivity index (χ2n) is 5.84. The van der Waals surface area contributed by atoms with E-state index in [4.69, 9.17) is 8.83 Å². The lowest BCUT2D eigenvalue weighted by atomic mass is 10.1. The van der Waals surface area contributed by atoms with Crippen molar-refractivity contribution in [3.8, 4) is 10.8 Å². The van der Waals surface area contributed by atoms with Gasteiger partial charge < -0.3 is 8.83 Å². The van der Waals surface area contributed by atoms with Gasteiger partial charge in [-0.25, -0.2) is 13.4 Å². The topological polar surface area (TPSA) is 99.1 Å². The van der Waals surface area contributed by atoms with E-state index in [2.05, 4.69) is 15.2 Å². The minimum absolute atomic E-state index is 0.0761. The summed E-state index contributed by atoms with van der Waals surface area (Å²) in [5.74, 6) is 2.21. The zero-order chi connectivity index (χ0) is 17.3. The molecule has 0 N–H and O–H groups in total. The van der Waals surface area contributed by atoms with Crippen LogP contribution in [0, 0.1) is 5.92 Å². The highest BCUT2D eigenvalue weighted by Gasteiger charge is 2.29. The Hall–Kier alpha value is -1.65. The van der Waals surface area contributed by atoms with Crippen molar-refractivity contribution in [2.75, 3.05) is 11.5 Å². The number of thioether (sulfide) groups is 1. The predicted molar refractivity (Wildman–Crippen MR) is 94.1 cm³/mol. The van der Waals surface area contributed by atoms with Crippen LogP contribution in [0.1, 0.15) is 18.0 Å². The third-order valence-corrected chi connectivity index (χ3v) is 7.41. The maximum atomic E-state index is 11.5. The molecule has 4 rings (SSSR count). The van der Waals surface area contributed by atoms with Gasteiger partial charge in [0.05, 0.1) is 22.1 Å². The number of oxazole rings is 1. The standard InChI is InChI=1S/C15H15N3O4S3/c19-25(20)5-3-10(9-25)6-13-17-18-15(22-13)24-8-11-7-21-14(16-11)12-2-1-4-23-12/h1-2,4,7,10H,3,5-6,8-9H2/t10-/m0/s1. The van der Waals surface area contributed by atoms with Crippen LogP contribution < -0.4 is 0 Å². The summed E-state index contributed by atoms with van der Waals surface area (Å²) in [5, 5.41) is 10.4. The summed E-state index contributed by atoms with van der Waals surface area (Å²) in [4.78, 5) is 5.43. The summed E-state index contributed by atoms with van der Waals surface area (Å²) >= 11 is 2.96. The molecule has 7 nitrogen and oxygen atoms in total. The first-order valence-corrected chi connectivity index (χ1v) is 11.4. The first kappa shape index (κ1) is 16.8. The largest absolute Gasteiger partial charge is 0.444 e. The molecule has 4 heterocycles. The summed E-state index contributed by atoms with van der Waals surface area (Å²) in [7, 11) is -2.88. The number of thiophene rings is 1. The van der Waals surface area contributed by atoms with Crippen LogP contribution >= 0.6 is 23.1 Å². The summed E-state index contributed by atoms with van der Waals surface area (Å²) in [5.41, 5.74) is 0.801. The SMILES string of the molecule is O=S1(=O)CC[C@@H](Cc2nnc(SCc3coc(-c4cccs4)n3)o2)C1. The Bertz CT molecular complexity index is 947. The van der Waals surface area contributed by atoms with E-state index in [0.29, 0.717) is 35.6 Å². The van der Waals surface area contributed by atoms with Gasteiger partial charge in [-0.1, -0.05) is 17.8 Å². The van der Waals surface area contributed by atoms with E-state index in [9.17, 15) is 8.42 Å². The summed E-state index contributed by atoms with van der Waals surface area (Å²) in [6.45, 7) is 0. The normalized spacial score (nSPS) is 19.4. The molecule has 0 spiro atoms. The number of rotatable bonds is 6. The number of hydrogen-bond donors (Lipinski definition) is 0. The molecule has 132 valence electrons. The zero-order valence-electron chi connectivity index (χ0n) is 13.1. The van der Waals surface area contributed by atoms with Crippen LogP contribution in [0.2, 0.25) is 0 Å². The number of nitrogens with zero attached hydrogens (tertiary/aromatic N) is 3. The minimum atomic E-state index is -2.88. The number of hydrogen-bond acceptors (Lipinski definition) is 9. The molecular weight excluding hydrogens is 382 g/mol. The third-order valence-electron chi connectivity index (χ3n) is 3.87. The van der Waals surface area contributed by atoms with Gasteiger partial charge in [-0.3, -0.25) is 0 Å². The fourth-order valence-electron chi connectivity index (χ4n) is 2.68. The first-order chi connectivity index (χ1) is 12.1. The van der Waals surface area contributed by atoms with Gasteiger partial charge in [-0.05, 0) is 23.8 Å². The van der Waals surface area contributed by atoms with Gasteiger partial charge in [-0.15, -0.1) is 21.5 Å². The smallest absolute Gasteiger partial charge is 0.276 e. The molecule has 0 amide bonds. The van der Waals surface area contributed by atoms with Gasteiger partial charge in [0.2, 0.25) is 11.8 Å². The van der Waals surface area contributed by atoms with E-state index in [0.717, 1.165) is 10.6 Å². The average Bonchev–Trinajstić information content (AvgIpc) is 3.32. The maximum Gasteiger partial charge on any atom is 0.276 e. The molecule has 0 aromatic carbocycles. The van der Waals surface area contributed by atoms with Gasteiger partial charge in [0.25, 0.3) is 5.22 Å². The van der Waals surface area contributed by atoms with Crippen molar-refractivity contribution >= 4 is 32.9 Å². The molecule has 1 saturated heterocycles. The van der Waals surface area contributed by atoms with Crippen LogP contribution in [-0.4, -0.2) is 35.1 Å².